The fourth-order valence-electron chi connectivity index (χ4n) is 4.18. The number of benzene rings is 2. The predicted octanol–water partition coefficient (Wildman–Crippen LogP) is 4.30. The molecule has 0 saturated carbocycles. The largest absolute Gasteiger partial charge is 0.347 e. The van der Waals surface area contributed by atoms with E-state index >= 15 is 0 Å². The van der Waals surface area contributed by atoms with Crippen LogP contribution in [0.15, 0.2) is 42.5 Å². The van der Waals surface area contributed by atoms with Crippen LogP contribution in [0, 0.1) is 6.92 Å². The lowest BCUT2D eigenvalue weighted by atomic mass is 9.88. The number of nitrogens with one attached hydrogen (secondary N) is 1. The zero-order valence-corrected chi connectivity index (χ0v) is 19.1. The molecular weight excluding hydrogens is 396 g/mol. The van der Waals surface area contributed by atoms with Gasteiger partial charge in [0.05, 0.1) is 18.0 Å². The van der Waals surface area contributed by atoms with E-state index in [9.17, 15) is 13.2 Å². The number of rotatable bonds is 7. The van der Waals surface area contributed by atoms with Gasteiger partial charge in [-0.2, -0.15) is 0 Å². The first-order valence-electron chi connectivity index (χ1n) is 10.7. The Hall–Kier alpha value is -2.34. The minimum Gasteiger partial charge on any atom is -0.347 e. The maximum atomic E-state index is 13.1. The maximum absolute atomic E-state index is 13.1. The molecule has 0 saturated heterocycles. The fourth-order valence-corrected chi connectivity index (χ4v) is 5.36. The van der Waals surface area contributed by atoms with Gasteiger partial charge in [-0.05, 0) is 74.8 Å². The molecule has 0 aliphatic heterocycles. The number of hydrogen-bond acceptors (Lipinski definition) is 3. The molecule has 30 heavy (non-hydrogen) atoms. The molecule has 0 radical (unpaired) electrons. The fraction of sp³-hybridized carbons (Fsp3) is 0.458. The number of carbonyl (C=O) groups is 1. The zero-order valence-electron chi connectivity index (χ0n) is 18.3. The van der Waals surface area contributed by atoms with Crippen LogP contribution in [0.4, 0.5) is 5.69 Å². The molecule has 2 aromatic rings. The van der Waals surface area contributed by atoms with Gasteiger partial charge >= 0.3 is 0 Å². The summed E-state index contributed by atoms with van der Waals surface area (Å²) in [5.74, 6) is -0.300. The first-order chi connectivity index (χ1) is 14.2. The van der Waals surface area contributed by atoms with Crippen LogP contribution in [0.5, 0.6) is 0 Å². The maximum Gasteiger partial charge on any atom is 0.244 e. The van der Waals surface area contributed by atoms with Crippen LogP contribution < -0.4 is 9.62 Å². The monoisotopic (exact) mass is 428 g/mol. The molecule has 0 aromatic heterocycles. The van der Waals surface area contributed by atoms with E-state index in [1.54, 1.807) is 19.1 Å². The second kappa shape index (κ2) is 9.21. The Morgan fingerprint density at radius 2 is 1.70 bits per heavy atom. The smallest absolute Gasteiger partial charge is 0.244 e. The normalized spacial score (nSPS) is 15.7. The van der Waals surface area contributed by atoms with Crippen LogP contribution in [-0.4, -0.2) is 26.6 Å². The van der Waals surface area contributed by atoms with Gasteiger partial charge in [0, 0.05) is 0 Å². The first kappa shape index (κ1) is 22.3. The van der Waals surface area contributed by atoms with Crippen molar-refractivity contribution in [1.29, 1.82) is 0 Å². The summed E-state index contributed by atoms with van der Waals surface area (Å²) in [6.07, 6.45) is 6.52. The molecule has 2 aromatic carbocycles. The zero-order chi connectivity index (χ0) is 21.9. The van der Waals surface area contributed by atoms with Gasteiger partial charge in [-0.1, -0.05) is 42.8 Å². The molecule has 0 fully saturated rings. The van der Waals surface area contributed by atoms with Crippen LogP contribution in [0.1, 0.15) is 61.4 Å². The molecule has 1 N–H and O–H groups in total. The summed E-state index contributed by atoms with van der Waals surface area (Å²) in [4.78, 5) is 13.1. The van der Waals surface area contributed by atoms with Crippen molar-refractivity contribution in [2.45, 2.75) is 65.0 Å². The quantitative estimate of drug-likeness (QED) is 0.715. The molecule has 2 atom stereocenters. The number of nitrogens with zero attached hydrogens (tertiary/aromatic N) is 1. The first-order valence-corrected chi connectivity index (χ1v) is 12.5. The number of carbonyl (C=O) groups excluding carboxylic acids is 1. The standard InChI is InChI=1S/C24H32N2O3S/c1-5-23(21-13-12-19-8-6-7-9-20(19)16-21)25-24(27)18(3)26(30(4,28)29)22-14-10-17(2)11-15-22/h10-16,18,23H,5-9H2,1-4H3,(H,25,27)/t18-,23-/m0/s1. The second-order valence-electron chi connectivity index (χ2n) is 8.28. The summed E-state index contributed by atoms with van der Waals surface area (Å²) in [7, 11) is -3.62. The van der Waals surface area contributed by atoms with E-state index in [-0.39, 0.29) is 11.9 Å². The summed E-state index contributed by atoms with van der Waals surface area (Å²) in [5, 5.41) is 3.08. The number of fused-ring (bicyclic) bond motifs is 1. The number of hydrogen-bond donors (Lipinski definition) is 1. The van der Waals surface area contributed by atoms with Gasteiger partial charge in [0.15, 0.2) is 0 Å². The summed E-state index contributed by atoms with van der Waals surface area (Å²) < 4.78 is 26.2. The van der Waals surface area contributed by atoms with Crippen molar-refractivity contribution in [2.24, 2.45) is 0 Å². The molecular formula is C24H32N2O3S. The van der Waals surface area contributed by atoms with E-state index in [0.717, 1.165) is 36.6 Å². The minimum absolute atomic E-state index is 0.147. The van der Waals surface area contributed by atoms with Crippen molar-refractivity contribution in [3.05, 3.63) is 64.7 Å². The van der Waals surface area contributed by atoms with E-state index in [0.29, 0.717) is 5.69 Å². The molecule has 0 heterocycles. The van der Waals surface area contributed by atoms with E-state index < -0.39 is 16.1 Å². The van der Waals surface area contributed by atoms with Gasteiger partial charge in [-0.15, -0.1) is 0 Å². The Morgan fingerprint density at radius 3 is 2.30 bits per heavy atom. The lowest BCUT2D eigenvalue weighted by Gasteiger charge is -2.30. The van der Waals surface area contributed by atoms with Gasteiger partial charge in [0.25, 0.3) is 0 Å². The van der Waals surface area contributed by atoms with Crippen LogP contribution in [-0.2, 0) is 27.7 Å². The summed E-state index contributed by atoms with van der Waals surface area (Å²) >= 11 is 0. The molecule has 1 aliphatic rings. The van der Waals surface area contributed by atoms with Gasteiger partial charge in [0.2, 0.25) is 15.9 Å². The van der Waals surface area contributed by atoms with Crippen LogP contribution in [0.2, 0.25) is 0 Å². The van der Waals surface area contributed by atoms with Gasteiger partial charge < -0.3 is 5.32 Å². The van der Waals surface area contributed by atoms with Crippen molar-refractivity contribution in [3.8, 4) is 0 Å². The third kappa shape index (κ3) is 5.04. The third-order valence-corrected chi connectivity index (χ3v) is 7.12. The van der Waals surface area contributed by atoms with Crippen molar-refractivity contribution in [1.82, 2.24) is 5.32 Å². The highest BCUT2D eigenvalue weighted by atomic mass is 32.2. The van der Waals surface area contributed by atoms with Crippen molar-refractivity contribution >= 4 is 21.6 Å². The highest BCUT2D eigenvalue weighted by Crippen LogP contribution is 2.27. The summed E-state index contributed by atoms with van der Waals surface area (Å²) in [6.45, 7) is 5.61. The Balaban J connectivity index is 1.82. The van der Waals surface area contributed by atoms with Crippen molar-refractivity contribution < 1.29 is 13.2 Å². The molecule has 0 bridgehead atoms. The molecule has 1 amide bonds. The van der Waals surface area contributed by atoms with E-state index in [4.69, 9.17) is 0 Å². The molecule has 5 nitrogen and oxygen atoms in total. The molecule has 6 heteroatoms. The summed E-state index contributed by atoms with van der Waals surface area (Å²) in [5.41, 5.74) is 5.38. The lowest BCUT2D eigenvalue weighted by Crippen LogP contribution is -2.48. The van der Waals surface area contributed by atoms with E-state index in [1.807, 2.05) is 26.0 Å². The number of sulfonamides is 1. The summed E-state index contributed by atoms with van der Waals surface area (Å²) in [6, 6.07) is 12.7. The van der Waals surface area contributed by atoms with Crippen LogP contribution in [0.3, 0.4) is 0 Å². The van der Waals surface area contributed by atoms with Crippen LogP contribution in [0.25, 0.3) is 0 Å². The highest BCUT2D eigenvalue weighted by molar-refractivity contribution is 7.92. The average molecular weight is 429 g/mol. The molecule has 1 aliphatic carbocycles. The Morgan fingerprint density at radius 1 is 1.07 bits per heavy atom. The van der Waals surface area contributed by atoms with Crippen molar-refractivity contribution in [3.63, 3.8) is 0 Å². The molecule has 3 rings (SSSR count). The average Bonchev–Trinajstić information content (AvgIpc) is 2.72. The Kier molecular flexibility index (Phi) is 6.86. The number of amides is 1. The van der Waals surface area contributed by atoms with Crippen molar-refractivity contribution in [2.75, 3.05) is 10.6 Å². The molecule has 0 unspecified atom stereocenters. The van der Waals surface area contributed by atoms with E-state index in [2.05, 4.69) is 23.5 Å². The van der Waals surface area contributed by atoms with E-state index in [1.165, 1.54) is 28.3 Å². The number of aryl methyl sites for hydroxylation is 3. The van der Waals surface area contributed by atoms with Crippen LogP contribution >= 0.6 is 0 Å². The minimum atomic E-state index is -3.62. The highest BCUT2D eigenvalue weighted by Gasteiger charge is 2.30. The van der Waals surface area contributed by atoms with Gasteiger partial charge in [-0.3, -0.25) is 9.10 Å². The topological polar surface area (TPSA) is 66.5 Å². The third-order valence-electron chi connectivity index (χ3n) is 5.88. The Labute approximate surface area is 180 Å². The lowest BCUT2D eigenvalue weighted by molar-refractivity contribution is -0.122. The number of anilines is 1. The molecule has 0 spiro atoms. The van der Waals surface area contributed by atoms with Gasteiger partial charge in [-0.25, -0.2) is 8.42 Å². The Bertz CT molecular complexity index is 1000. The predicted molar refractivity (Wildman–Crippen MR) is 122 cm³/mol. The molecule has 162 valence electrons. The SMILES string of the molecule is CC[C@H](NC(=O)[C@H](C)N(c1ccc(C)cc1)S(C)(=O)=O)c1ccc2c(c1)CCCC2. The van der Waals surface area contributed by atoms with Gasteiger partial charge in [0.1, 0.15) is 6.04 Å². The second-order valence-corrected chi connectivity index (χ2v) is 10.1.